The van der Waals surface area contributed by atoms with Crippen LogP contribution >= 0.6 is 11.8 Å². The average Bonchev–Trinajstić information content (AvgIpc) is 3.61. The Morgan fingerprint density at radius 3 is 2.31 bits per heavy atom. The highest BCUT2D eigenvalue weighted by atomic mass is 32.2. The minimum Gasteiger partial charge on any atom is -0.481 e. The van der Waals surface area contributed by atoms with Gasteiger partial charge in [-0.3, -0.25) is 24.1 Å². The van der Waals surface area contributed by atoms with Crippen LogP contribution in [0.3, 0.4) is 0 Å². The molecule has 59 heavy (non-hydrogen) atoms. The van der Waals surface area contributed by atoms with Crippen LogP contribution in [0.4, 0.5) is 11.8 Å². The highest BCUT2D eigenvalue weighted by Gasteiger charge is 2.25. The van der Waals surface area contributed by atoms with Crippen molar-refractivity contribution in [1.82, 2.24) is 29.7 Å². The van der Waals surface area contributed by atoms with Crippen molar-refractivity contribution in [2.24, 2.45) is 5.73 Å². The normalized spacial score (nSPS) is 14.3. The summed E-state index contributed by atoms with van der Waals surface area (Å²) in [5.41, 5.74) is 16.9. The van der Waals surface area contributed by atoms with E-state index in [1.165, 1.54) is 16.7 Å². The molecule has 1 aliphatic heterocycles. The van der Waals surface area contributed by atoms with E-state index in [0.717, 1.165) is 74.1 Å². The lowest BCUT2D eigenvalue weighted by Gasteiger charge is -2.35. The molecule has 1 fully saturated rings. The second kappa shape index (κ2) is 25.2. The number of fused-ring (bicyclic) bond motifs is 1. The Hall–Kier alpha value is -4.53. The van der Waals surface area contributed by atoms with Crippen LogP contribution in [0.25, 0.3) is 11.0 Å². The number of unbranched alkanes of at least 4 members (excludes halogenated alkanes) is 2. The molecule has 8 N–H and O–H groups in total. The number of nitrogens with zero attached hydrogens (tertiary/aromatic N) is 5. The molecule has 2 atom stereocenters. The number of rotatable bonds is 28. The van der Waals surface area contributed by atoms with Crippen molar-refractivity contribution in [3.63, 3.8) is 0 Å². The van der Waals surface area contributed by atoms with Crippen molar-refractivity contribution in [1.29, 1.82) is 0 Å². The number of hydrogen-bond donors (Lipinski definition) is 6. The number of benzene rings is 1. The third-order valence-electron chi connectivity index (χ3n) is 9.78. The number of carboxylic acids is 2. The summed E-state index contributed by atoms with van der Waals surface area (Å²) in [7, 11) is 0. The van der Waals surface area contributed by atoms with E-state index in [4.69, 9.17) is 35.9 Å². The van der Waals surface area contributed by atoms with Gasteiger partial charge < -0.3 is 56.0 Å². The van der Waals surface area contributed by atoms with Gasteiger partial charge in [0.1, 0.15) is 11.6 Å². The molecule has 1 aliphatic rings. The maximum atomic E-state index is 12.8. The van der Waals surface area contributed by atoms with Gasteiger partial charge in [0.2, 0.25) is 17.8 Å². The number of nitrogen functional groups attached to an aromatic ring is 1. The number of piperazine rings is 1. The van der Waals surface area contributed by atoms with Crippen molar-refractivity contribution in [3.8, 4) is 0 Å². The summed E-state index contributed by atoms with van der Waals surface area (Å²) in [5.74, 6) is -1.90. The Labute approximate surface area is 349 Å². The number of nitrogens with two attached hydrogens (primary N) is 2. The molecule has 1 aromatic carbocycles. The SMILES string of the molecule is CCCCCNc1nc(N)nc2ccn(Cc3ccc(CN4CCN(C(=O)CCOCCOCCOCCNC(=O)[C@H](CC(=O)O)SC[C@H](N)C(=O)O)CC4)cc3C)c12. The zero-order valence-electron chi connectivity index (χ0n) is 34.2. The summed E-state index contributed by atoms with van der Waals surface area (Å²) < 4.78 is 18.7. The number of ether oxygens (including phenoxy) is 3. The molecule has 3 heterocycles. The highest BCUT2D eigenvalue weighted by molar-refractivity contribution is 8.00. The van der Waals surface area contributed by atoms with E-state index in [0.29, 0.717) is 52.5 Å². The maximum absolute atomic E-state index is 12.8. The van der Waals surface area contributed by atoms with Crippen molar-refractivity contribution in [2.45, 2.75) is 70.3 Å². The third-order valence-corrected chi connectivity index (χ3v) is 11.1. The molecular weight excluding hydrogens is 783 g/mol. The Kier molecular flexibility index (Phi) is 20.1. The number of carbonyl (C=O) groups is 4. The van der Waals surface area contributed by atoms with E-state index in [2.05, 4.69) is 62.1 Å². The second-order valence-electron chi connectivity index (χ2n) is 14.4. The van der Waals surface area contributed by atoms with Crippen LogP contribution in [0.2, 0.25) is 0 Å². The standard InChI is InChI=1S/C40H61N9O9S/c1-3-4-5-10-43-37-36-32(45-40(42)46-37)8-12-49(36)26-30-7-6-29(23-28(30)2)25-47-13-15-48(16-14-47)34(50)9-17-56-19-21-58-22-20-57-18-11-44-38(53)33(24-35(51)52)59-27-31(41)39(54)55/h6-8,12,23,31,33H,3-5,9-11,13-22,24-27,41H2,1-2H3,(H,44,53)(H,51,52)(H,54,55)(H3,42,43,45,46)/t31-,33-/m0/s1. The molecule has 326 valence electrons. The van der Waals surface area contributed by atoms with Crippen LogP contribution in [0.15, 0.2) is 30.5 Å². The average molecular weight is 844 g/mol. The van der Waals surface area contributed by atoms with Crippen LogP contribution < -0.4 is 22.1 Å². The lowest BCUT2D eigenvalue weighted by Crippen LogP contribution is -2.48. The first-order valence-corrected chi connectivity index (χ1v) is 21.3. The minimum atomic E-state index is -1.22. The third kappa shape index (κ3) is 16.2. The quantitative estimate of drug-likeness (QED) is 0.0573. The molecule has 0 unspecified atom stereocenters. The molecule has 1 saturated heterocycles. The van der Waals surface area contributed by atoms with Gasteiger partial charge in [0, 0.05) is 64.3 Å². The number of hydrogen-bond acceptors (Lipinski definition) is 14. The smallest absolute Gasteiger partial charge is 0.321 e. The fraction of sp³-hybridized carbons (Fsp3) is 0.600. The molecule has 0 spiro atoms. The first-order valence-electron chi connectivity index (χ1n) is 20.2. The van der Waals surface area contributed by atoms with Crippen LogP contribution in [0, 0.1) is 6.92 Å². The minimum absolute atomic E-state index is 0.0768. The molecule has 0 radical (unpaired) electrons. The number of aliphatic carboxylic acids is 2. The zero-order valence-corrected chi connectivity index (χ0v) is 35.1. The Morgan fingerprint density at radius 1 is 0.915 bits per heavy atom. The van der Waals surface area contributed by atoms with Gasteiger partial charge in [-0.05, 0) is 36.1 Å². The number of amides is 2. The van der Waals surface area contributed by atoms with E-state index in [-0.39, 0.29) is 37.4 Å². The lowest BCUT2D eigenvalue weighted by atomic mass is 10.0. The van der Waals surface area contributed by atoms with Gasteiger partial charge in [-0.15, -0.1) is 11.8 Å². The Bertz CT molecular complexity index is 1810. The predicted molar refractivity (Wildman–Crippen MR) is 226 cm³/mol. The first-order chi connectivity index (χ1) is 28.4. The zero-order chi connectivity index (χ0) is 42.6. The van der Waals surface area contributed by atoms with Crippen molar-refractivity contribution in [2.75, 3.05) is 95.7 Å². The van der Waals surface area contributed by atoms with Gasteiger partial charge in [-0.25, -0.2) is 4.98 Å². The summed E-state index contributed by atoms with van der Waals surface area (Å²) in [4.78, 5) is 60.4. The second-order valence-corrected chi connectivity index (χ2v) is 15.6. The number of anilines is 2. The number of nitrogens with one attached hydrogen (secondary N) is 2. The van der Waals surface area contributed by atoms with E-state index < -0.39 is 35.6 Å². The van der Waals surface area contributed by atoms with E-state index in [1.807, 2.05) is 17.2 Å². The van der Waals surface area contributed by atoms with Crippen LogP contribution in [-0.2, 0) is 46.5 Å². The molecule has 0 bridgehead atoms. The predicted octanol–water partition coefficient (Wildman–Crippen LogP) is 2.16. The summed E-state index contributed by atoms with van der Waals surface area (Å²) in [6.45, 7) is 11.6. The number of aromatic nitrogens is 3. The summed E-state index contributed by atoms with van der Waals surface area (Å²) >= 11 is 0.889. The van der Waals surface area contributed by atoms with Crippen LogP contribution in [-0.4, -0.2) is 154 Å². The molecule has 0 aliphatic carbocycles. The number of aryl methyl sites for hydroxylation is 1. The van der Waals surface area contributed by atoms with Gasteiger partial charge >= 0.3 is 11.9 Å². The van der Waals surface area contributed by atoms with E-state index in [1.54, 1.807) is 0 Å². The number of carboxylic acid groups (broad SMARTS) is 2. The fourth-order valence-electron chi connectivity index (χ4n) is 6.49. The lowest BCUT2D eigenvalue weighted by molar-refractivity contribution is -0.138. The molecule has 19 heteroatoms. The van der Waals surface area contributed by atoms with Crippen LogP contribution in [0.1, 0.15) is 55.7 Å². The van der Waals surface area contributed by atoms with E-state index >= 15 is 0 Å². The topological polar surface area (TPSA) is 250 Å². The van der Waals surface area contributed by atoms with Gasteiger partial charge in [0.25, 0.3) is 0 Å². The first kappa shape index (κ1) is 47.2. The summed E-state index contributed by atoms with van der Waals surface area (Å²) in [6.07, 6.45) is 5.27. The molecule has 3 aromatic rings. The molecule has 18 nitrogen and oxygen atoms in total. The summed E-state index contributed by atoms with van der Waals surface area (Å²) in [6, 6.07) is 7.43. The Morgan fingerprint density at radius 2 is 1.63 bits per heavy atom. The highest BCUT2D eigenvalue weighted by Crippen LogP contribution is 2.25. The van der Waals surface area contributed by atoms with Crippen molar-refractivity contribution >= 4 is 58.3 Å². The molecular formula is C40H61N9O9S. The Balaban J connectivity index is 1.05. The number of thioether (sulfide) groups is 1. The van der Waals surface area contributed by atoms with Crippen LogP contribution in [0.5, 0.6) is 0 Å². The fourth-order valence-corrected chi connectivity index (χ4v) is 7.57. The number of carbonyl (C=O) groups excluding carboxylic acids is 2. The molecule has 2 aromatic heterocycles. The largest absolute Gasteiger partial charge is 0.481 e. The molecule has 0 saturated carbocycles. The maximum Gasteiger partial charge on any atom is 0.321 e. The molecule has 2 amide bonds. The van der Waals surface area contributed by atoms with Gasteiger partial charge in [0.05, 0.1) is 63.2 Å². The molecule has 4 rings (SSSR count). The monoisotopic (exact) mass is 843 g/mol. The van der Waals surface area contributed by atoms with Gasteiger partial charge in [-0.1, -0.05) is 38.0 Å². The summed E-state index contributed by atoms with van der Waals surface area (Å²) in [5, 5.41) is 23.1. The van der Waals surface area contributed by atoms with Gasteiger partial charge in [0.15, 0.2) is 5.82 Å². The van der Waals surface area contributed by atoms with Crippen molar-refractivity contribution < 1.29 is 43.6 Å². The van der Waals surface area contributed by atoms with E-state index in [9.17, 15) is 19.2 Å². The van der Waals surface area contributed by atoms with Gasteiger partial charge in [-0.2, -0.15) is 4.98 Å². The van der Waals surface area contributed by atoms with Crippen molar-refractivity contribution in [3.05, 3.63) is 47.2 Å².